The van der Waals surface area contributed by atoms with Crippen LogP contribution in [-0.4, -0.2) is 18.4 Å². The maximum Gasteiger partial charge on any atom is 0.189 e. The number of Topliss-reactive ketones (excluding diaryl/α,β-unsaturated/α-hetero) is 1. The van der Waals surface area contributed by atoms with Crippen molar-refractivity contribution in [3.8, 4) is 0 Å². The Kier molecular flexibility index (Phi) is 3.61. The Morgan fingerprint density at radius 2 is 1.75 bits per heavy atom. The largest absolute Gasteiger partial charge is 0.292 e. The van der Waals surface area contributed by atoms with Gasteiger partial charge < -0.3 is 0 Å². The molecular weight excluding hydrogens is 272 g/mol. The molecule has 0 saturated carbocycles. The molecule has 0 fully saturated rings. The second-order valence-corrected chi connectivity index (χ2v) is 5.21. The zero-order chi connectivity index (χ0) is 13.9. The second kappa shape index (κ2) is 5.55. The molecule has 1 heterocycles. The molecular formula is C16H13ClN2O. The molecule has 2 aromatic rings. The first-order valence-electron chi connectivity index (χ1n) is 6.47. The van der Waals surface area contributed by atoms with Crippen LogP contribution in [-0.2, 0) is 0 Å². The highest BCUT2D eigenvalue weighted by molar-refractivity contribution is 6.30. The lowest BCUT2D eigenvalue weighted by atomic mass is 9.88. The van der Waals surface area contributed by atoms with Gasteiger partial charge in [-0.25, -0.2) is 0 Å². The molecule has 0 bridgehead atoms. The molecule has 20 heavy (non-hydrogen) atoms. The molecule has 3 nitrogen and oxygen atoms in total. The number of rotatable bonds is 3. The van der Waals surface area contributed by atoms with Crippen molar-refractivity contribution in [3.63, 3.8) is 0 Å². The predicted octanol–water partition coefficient (Wildman–Crippen LogP) is 4.14. The summed E-state index contributed by atoms with van der Waals surface area (Å²) >= 11 is 5.90. The Morgan fingerprint density at radius 3 is 2.45 bits per heavy atom. The molecule has 100 valence electrons. The molecule has 0 spiro atoms. The van der Waals surface area contributed by atoms with Crippen molar-refractivity contribution in [2.75, 3.05) is 6.54 Å². The molecule has 2 atom stereocenters. The minimum Gasteiger partial charge on any atom is -0.292 e. The van der Waals surface area contributed by atoms with Gasteiger partial charge in [0.1, 0.15) is 6.04 Å². The van der Waals surface area contributed by atoms with E-state index in [9.17, 15) is 4.79 Å². The summed E-state index contributed by atoms with van der Waals surface area (Å²) in [6.45, 7) is 0.547. The summed E-state index contributed by atoms with van der Waals surface area (Å²) in [5.74, 6) is 0.0202. The fourth-order valence-electron chi connectivity index (χ4n) is 2.41. The molecule has 3 rings (SSSR count). The average molecular weight is 285 g/mol. The van der Waals surface area contributed by atoms with Gasteiger partial charge in [0.2, 0.25) is 0 Å². The second-order valence-electron chi connectivity index (χ2n) is 4.77. The maximum atomic E-state index is 12.5. The Hall–Kier alpha value is -2.00. The molecule has 1 aliphatic rings. The van der Waals surface area contributed by atoms with Crippen molar-refractivity contribution in [2.24, 2.45) is 10.2 Å². The number of carbonyl (C=O) groups excluding carboxylic acids is 1. The van der Waals surface area contributed by atoms with Crippen LogP contribution in [0.15, 0.2) is 64.8 Å². The van der Waals surface area contributed by atoms with E-state index in [0.29, 0.717) is 17.1 Å². The fraction of sp³-hybridized carbons (Fsp3) is 0.188. The molecule has 0 saturated heterocycles. The highest BCUT2D eigenvalue weighted by Gasteiger charge is 2.33. The molecule has 0 amide bonds. The lowest BCUT2D eigenvalue weighted by Gasteiger charge is -2.15. The number of nitrogens with zero attached hydrogens (tertiary/aromatic N) is 2. The van der Waals surface area contributed by atoms with Crippen LogP contribution in [0.2, 0.25) is 5.02 Å². The summed E-state index contributed by atoms with van der Waals surface area (Å²) in [5.41, 5.74) is 1.73. The number of halogens is 1. The van der Waals surface area contributed by atoms with Crippen LogP contribution in [0.3, 0.4) is 0 Å². The van der Waals surface area contributed by atoms with Crippen LogP contribution in [0.5, 0.6) is 0 Å². The van der Waals surface area contributed by atoms with E-state index >= 15 is 0 Å². The lowest BCUT2D eigenvalue weighted by Crippen LogP contribution is -2.24. The lowest BCUT2D eigenvalue weighted by molar-refractivity contribution is 0.0956. The van der Waals surface area contributed by atoms with Gasteiger partial charge in [-0.3, -0.25) is 4.79 Å². The first kappa shape index (κ1) is 13.0. The van der Waals surface area contributed by atoms with E-state index in [4.69, 9.17) is 11.6 Å². The number of benzene rings is 2. The highest BCUT2D eigenvalue weighted by Crippen LogP contribution is 2.30. The first-order chi connectivity index (χ1) is 9.75. The molecule has 0 aliphatic carbocycles. The van der Waals surface area contributed by atoms with Gasteiger partial charge in [-0.1, -0.05) is 54.1 Å². The average Bonchev–Trinajstić information content (AvgIpc) is 2.97. The van der Waals surface area contributed by atoms with Gasteiger partial charge in [0.05, 0.1) is 6.54 Å². The number of azo groups is 1. The van der Waals surface area contributed by atoms with Crippen molar-refractivity contribution >= 4 is 17.4 Å². The highest BCUT2D eigenvalue weighted by atomic mass is 35.5. The smallest absolute Gasteiger partial charge is 0.189 e. The van der Waals surface area contributed by atoms with Crippen molar-refractivity contribution in [2.45, 2.75) is 12.0 Å². The Bertz CT molecular complexity index is 637. The molecule has 0 unspecified atom stereocenters. The third kappa shape index (κ3) is 2.49. The van der Waals surface area contributed by atoms with Gasteiger partial charge >= 0.3 is 0 Å². The molecule has 0 radical (unpaired) electrons. The summed E-state index contributed by atoms with van der Waals surface area (Å²) in [6.07, 6.45) is 0. The standard InChI is InChI=1S/C16H13ClN2O/c17-13-8-6-11(7-9-13)14-10-18-19-15(14)16(20)12-4-2-1-3-5-12/h1-9,14-15H,10H2/t14-,15-/m1/s1. The topological polar surface area (TPSA) is 41.8 Å². The third-order valence-electron chi connectivity index (χ3n) is 3.49. The van der Waals surface area contributed by atoms with E-state index in [0.717, 1.165) is 5.56 Å². The number of hydrogen-bond donors (Lipinski definition) is 0. The van der Waals surface area contributed by atoms with E-state index in [-0.39, 0.29) is 11.7 Å². The van der Waals surface area contributed by atoms with Crippen molar-refractivity contribution < 1.29 is 4.79 Å². The molecule has 4 heteroatoms. The van der Waals surface area contributed by atoms with Crippen LogP contribution in [0, 0.1) is 0 Å². The SMILES string of the molecule is O=C(c1ccccc1)[C@@H]1N=NC[C@@H]1c1ccc(Cl)cc1. The minimum absolute atomic E-state index is 0.0000252. The van der Waals surface area contributed by atoms with Crippen LogP contribution in [0.25, 0.3) is 0 Å². The summed E-state index contributed by atoms with van der Waals surface area (Å²) in [4.78, 5) is 12.5. The Balaban J connectivity index is 1.87. The fourth-order valence-corrected chi connectivity index (χ4v) is 2.54. The minimum atomic E-state index is -0.432. The van der Waals surface area contributed by atoms with E-state index in [1.54, 1.807) is 0 Å². The van der Waals surface area contributed by atoms with E-state index in [1.807, 2.05) is 54.6 Å². The van der Waals surface area contributed by atoms with Crippen LogP contribution in [0.4, 0.5) is 0 Å². The normalized spacial score (nSPS) is 21.1. The zero-order valence-corrected chi connectivity index (χ0v) is 11.5. The van der Waals surface area contributed by atoms with Crippen molar-refractivity contribution in [3.05, 3.63) is 70.7 Å². The van der Waals surface area contributed by atoms with Crippen LogP contribution in [0.1, 0.15) is 21.8 Å². The molecule has 0 aromatic heterocycles. The quantitative estimate of drug-likeness (QED) is 0.781. The Labute approximate surface area is 122 Å². The van der Waals surface area contributed by atoms with Crippen molar-refractivity contribution in [1.82, 2.24) is 0 Å². The monoisotopic (exact) mass is 284 g/mol. The first-order valence-corrected chi connectivity index (χ1v) is 6.85. The number of ketones is 1. The van der Waals surface area contributed by atoms with Gasteiger partial charge in [-0.05, 0) is 17.7 Å². The van der Waals surface area contributed by atoms with Gasteiger partial charge in [-0.15, -0.1) is 0 Å². The summed E-state index contributed by atoms with van der Waals surface area (Å²) < 4.78 is 0. The van der Waals surface area contributed by atoms with Gasteiger partial charge in [-0.2, -0.15) is 10.2 Å². The zero-order valence-electron chi connectivity index (χ0n) is 10.7. The number of hydrogen-bond acceptors (Lipinski definition) is 3. The molecule has 2 aromatic carbocycles. The molecule has 0 N–H and O–H groups in total. The summed E-state index contributed by atoms with van der Waals surface area (Å²) in [6, 6.07) is 16.3. The van der Waals surface area contributed by atoms with Crippen LogP contribution < -0.4 is 0 Å². The Morgan fingerprint density at radius 1 is 1.05 bits per heavy atom. The van der Waals surface area contributed by atoms with Gasteiger partial charge in [0.25, 0.3) is 0 Å². The van der Waals surface area contributed by atoms with Crippen molar-refractivity contribution in [1.29, 1.82) is 0 Å². The maximum absolute atomic E-state index is 12.5. The third-order valence-corrected chi connectivity index (χ3v) is 3.74. The number of carbonyl (C=O) groups is 1. The van der Waals surface area contributed by atoms with E-state index < -0.39 is 6.04 Å². The van der Waals surface area contributed by atoms with E-state index in [2.05, 4.69) is 10.2 Å². The van der Waals surface area contributed by atoms with Gasteiger partial charge in [0, 0.05) is 16.5 Å². The summed E-state index contributed by atoms with van der Waals surface area (Å²) in [5, 5.41) is 8.88. The van der Waals surface area contributed by atoms with E-state index in [1.165, 1.54) is 0 Å². The van der Waals surface area contributed by atoms with Gasteiger partial charge in [0.15, 0.2) is 5.78 Å². The molecule has 1 aliphatic heterocycles. The predicted molar refractivity (Wildman–Crippen MR) is 78.5 cm³/mol. The summed E-state index contributed by atoms with van der Waals surface area (Å²) in [7, 11) is 0. The van der Waals surface area contributed by atoms with Crippen LogP contribution >= 0.6 is 11.6 Å².